The highest BCUT2D eigenvalue weighted by molar-refractivity contribution is 7.17. The lowest BCUT2D eigenvalue weighted by atomic mass is 10.0. The summed E-state index contributed by atoms with van der Waals surface area (Å²) in [6, 6.07) is 2.06. The van der Waals surface area contributed by atoms with Gasteiger partial charge < -0.3 is 30.9 Å². The molecule has 5 N–H and O–H groups in total. The monoisotopic (exact) mass is 623 g/mol. The van der Waals surface area contributed by atoms with Crippen LogP contribution in [0.1, 0.15) is 79.3 Å². The van der Waals surface area contributed by atoms with Crippen molar-refractivity contribution in [2.24, 2.45) is 5.92 Å². The van der Waals surface area contributed by atoms with E-state index in [9.17, 15) is 27.6 Å². The third-order valence-electron chi connectivity index (χ3n) is 7.37. The molecule has 1 aromatic carbocycles. The number of rotatable bonds is 9. The van der Waals surface area contributed by atoms with E-state index in [1.807, 2.05) is 0 Å². The van der Waals surface area contributed by atoms with Crippen molar-refractivity contribution in [2.45, 2.75) is 59.0 Å². The Morgan fingerprint density at radius 3 is 2.49 bits per heavy atom. The number of likely N-dealkylation sites (tertiary alicyclic amines) is 1. The van der Waals surface area contributed by atoms with Crippen molar-refractivity contribution in [3.05, 3.63) is 46.0 Å². The topological polar surface area (TPSA) is 127 Å². The maximum atomic E-state index is 14.5. The number of anilines is 2. The summed E-state index contributed by atoms with van der Waals surface area (Å²) in [5.74, 6) is -1.88. The molecule has 0 saturated carbocycles. The van der Waals surface area contributed by atoms with Gasteiger partial charge in [0, 0.05) is 37.0 Å². The van der Waals surface area contributed by atoms with E-state index in [1.54, 1.807) is 0 Å². The summed E-state index contributed by atoms with van der Waals surface area (Å²) in [6.07, 6.45) is 6.74. The van der Waals surface area contributed by atoms with Gasteiger partial charge in [-0.2, -0.15) is 8.78 Å². The molecule has 1 saturated heterocycles. The highest BCUT2D eigenvalue weighted by Crippen LogP contribution is 2.44. The molecule has 4 rings (SSSR count). The number of aliphatic hydroxyl groups excluding tert-OH is 1. The Labute approximate surface area is 252 Å². The lowest BCUT2D eigenvalue weighted by molar-refractivity contribution is -0.114. The van der Waals surface area contributed by atoms with Gasteiger partial charge in [0.2, 0.25) is 5.91 Å². The van der Waals surface area contributed by atoms with Crippen LogP contribution in [0.5, 0.6) is 0 Å². The molecule has 1 fully saturated rings. The van der Waals surface area contributed by atoms with Gasteiger partial charge in [0.25, 0.3) is 17.5 Å². The SMILES string of the molecule is CC(=O)Nc1cc(F)cc2c1NC(=O)/C2=C\c1[nH]c(C)c(C(=O)NCCO)c1C(F)(F)P.CCC(C)CN1CCCCC1. The molecule has 3 amide bonds. The second-order valence-corrected chi connectivity index (χ2v) is 11.7. The molecule has 2 unspecified atom stereocenters. The summed E-state index contributed by atoms with van der Waals surface area (Å²) < 4.78 is 43.1. The molecule has 2 atom stereocenters. The van der Waals surface area contributed by atoms with E-state index in [2.05, 4.69) is 39.7 Å². The molecular formula is C30H41F3N5O4P. The van der Waals surface area contributed by atoms with Crippen molar-refractivity contribution in [3.8, 4) is 0 Å². The maximum Gasteiger partial charge on any atom is 0.286 e. The summed E-state index contributed by atoms with van der Waals surface area (Å²) in [4.78, 5) is 41.7. The number of H-pyrrole nitrogens is 1. The molecule has 9 nitrogen and oxygen atoms in total. The molecule has 13 heteroatoms. The van der Waals surface area contributed by atoms with E-state index in [1.165, 1.54) is 68.4 Å². The number of carbonyl (C=O) groups is 3. The molecule has 43 heavy (non-hydrogen) atoms. The van der Waals surface area contributed by atoms with Gasteiger partial charge in [0.1, 0.15) is 5.82 Å². The van der Waals surface area contributed by atoms with Crippen LogP contribution in [-0.4, -0.2) is 65.5 Å². The van der Waals surface area contributed by atoms with E-state index in [-0.39, 0.29) is 52.6 Å². The molecule has 3 heterocycles. The Hall–Kier alpha value is -3.21. The number of halogens is 3. The van der Waals surface area contributed by atoms with Gasteiger partial charge in [0.05, 0.1) is 34.7 Å². The molecule has 1 aromatic heterocycles. The van der Waals surface area contributed by atoms with Gasteiger partial charge in [-0.15, -0.1) is 0 Å². The maximum absolute atomic E-state index is 14.5. The van der Waals surface area contributed by atoms with Crippen LogP contribution >= 0.6 is 9.24 Å². The van der Waals surface area contributed by atoms with E-state index in [0.717, 1.165) is 24.1 Å². The number of amides is 3. The molecule has 0 aliphatic carbocycles. The number of benzene rings is 1. The molecule has 0 bridgehead atoms. The Kier molecular flexibility index (Phi) is 12.0. The molecule has 236 valence electrons. The molecule has 2 aliphatic heterocycles. The first-order valence-electron chi connectivity index (χ1n) is 14.4. The predicted octanol–water partition coefficient (Wildman–Crippen LogP) is 5.08. The van der Waals surface area contributed by atoms with Crippen molar-refractivity contribution in [1.82, 2.24) is 15.2 Å². The minimum Gasteiger partial charge on any atom is -0.395 e. The Balaban J connectivity index is 0.000000386. The normalized spacial score (nSPS) is 16.7. The zero-order valence-corrected chi connectivity index (χ0v) is 26.2. The number of aliphatic hydroxyl groups is 1. The van der Waals surface area contributed by atoms with E-state index >= 15 is 0 Å². The van der Waals surface area contributed by atoms with Gasteiger partial charge in [-0.3, -0.25) is 14.4 Å². The number of fused-ring (bicyclic) bond motifs is 1. The average Bonchev–Trinajstić information content (AvgIpc) is 3.44. The number of alkyl halides is 2. The van der Waals surface area contributed by atoms with Crippen LogP contribution in [0, 0.1) is 18.7 Å². The number of aromatic nitrogens is 1. The lowest BCUT2D eigenvalue weighted by Crippen LogP contribution is -2.33. The van der Waals surface area contributed by atoms with Gasteiger partial charge in [-0.1, -0.05) is 35.9 Å². The third kappa shape index (κ3) is 8.90. The summed E-state index contributed by atoms with van der Waals surface area (Å²) in [7, 11) is 1.34. The smallest absolute Gasteiger partial charge is 0.286 e. The van der Waals surface area contributed by atoms with Crippen molar-refractivity contribution in [2.75, 3.05) is 43.4 Å². The molecule has 2 aliphatic rings. The minimum atomic E-state index is -3.55. The molecule has 0 spiro atoms. The van der Waals surface area contributed by atoms with Crippen LogP contribution < -0.4 is 16.0 Å². The summed E-state index contributed by atoms with van der Waals surface area (Å²) in [6.45, 7) is 10.8. The second-order valence-electron chi connectivity index (χ2n) is 11.0. The number of nitrogens with one attached hydrogen (secondary N) is 4. The number of carbonyl (C=O) groups excluding carboxylic acids is 3. The number of piperidine rings is 1. The van der Waals surface area contributed by atoms with E-state index in [4.69, 9.17) is 5.11 Å². The zero-order valence-electron chi connectivity index (χ0n) is 25.0. The van der Waals surface area contributed by atoms with Crippen LogP contribution in [0.25, 0.3) is 11.6 Å². The van der Waals surface area contributed by atoms with Gasteiger partial charge in [0.15, 0.2) is 0 Å². The van der Waals surface area contributed by atoms with Gasteiger partial charge >= 0.3 is 0 Å². The van der Waals surface area contributed by atoms with Crippen LogP contribution in [0.4, 0.5) is 24.5 Å². The van der Waals surface area contributed by atoms with E-state index in [0.29, 0.717) is 0 Å². The molecule has 0 radical (unpaired) electrons. The predicted molar refractivity (Wildman–Crippen MR) is 166 cm³/mol. The first-order chi connectivity index (χ1) is 20.3. The van der Waals surface area contributed by atoms with Gasteiger partial charge in [-0.05, 0) is 57.0 Å². The van der Waals surface area contributed by atoms with Crippen LogP contribution in [0.15, 0.2) is 12.1 Å². The fourth-order valence-corrected chi connectivity index (χ4v) is 5.49. The Morgan fingerprint density at radius 1 is 1.23 bits per heavy atom. The second kappa shape index (κ2) is 15.0. The van der Waals surface area contributed by atoms with Crippen LogP contribution in [0.2, 0.25) is 0 Å². The number of hydrogen-bond acceptors (Lipinski definition) is 5. The fraction of sp³-hybridized carbons (Fsp3) is 0.500. The summed E-state index contributed by atoms with van der Waals surface area (Å²) >= 11 is 0. The van der Waals surface area contributed by atoms with Crippen molar-refractivity contribution in [1.29, 1.82) is 0 Å². The molecule has 2 aromatic rings. The first-order valence-corrected chi connectivity index (χ1v) is 15.0. The Bertz CT molecular complexity index is 1370. The van der Waals surface area contributed by atoms with Crippen LogP contribution in [-0.2, 0) is 15.3 Å². The molecular weight excluding hydrogens is 582 g/mol. The Morgan fingerprint density at radius 2 is 1.91 bits per heavy atom. The standard InChI is InChI=1S/C20H20F3N4O4P.C10H21N/c1-8-15(19(31)24-3-4-28)16(20(22,23)32)13(25-8)7-12-11-5-10(21)6-14(26-9(2)29)17(11)27-18(12)30;1-3-10(2)9-11-7-5-4-6-8-11/h5-7,25,28H,3-4,32H2,1-2H3,(H,24,31)(H,26,29)(H,27,30);10H,3-9H2,1-2H3/b12-7-;. The summed E-state index contributed by atoms with van der Waals surface area (Å²) in [5.41, 5.74) is -4.59. The number of aromatic amines is 1. The van der Waals surface area contributed by atoms with Crippen molar-refractivity contribution in [3.63, 3.8) is 0 Å². The quantitative estimate of drug-likeness (QED) is 0.197. The van der Waals surface area contributed by atoms with Crippen LogP contribution in [0.3, 0.4) is 0 Å². The lowest BCUT2D eigenvalue weighted by Gasteiger charge is -2.28. The number of hydrogen-bond donors (Lipinski definition) is 5. The third-order valence-corrected chi connectivity index (χ3v) is 7.65. The zero-order chi connectivity index (χ0) is 31.9. The van der Waals surface area contributed by atoms with Crippen molar-refractivity contribution < 1.29 is 32.7 Å². The van der Waals surface area contributed by atoms with Gasteiger partial charge in [-0.25, -0.2) is 4.39 Å². The average molecular weight is 624 g/mol. The number of nitrogens with zero attached hydrogens (tertiary/aromatic N) is 1. The minimum absolute atomic E-state index is 0.0209. The van der Waals surface area contributed by atoms with E-state index < -0.39 is 34.8 Å². The summed E-state index contributed by atoms with van der Waals surface area (Å²) in [5, 5.41) is 16.1. The fourth-order valence-electron chi connectivity index (χ4n) is 5.19. The highest BCUT2D eigenvalue weighted by Gasteiger charge is 2.37. The largest absolute Gasteiger partial charge is 0.395 e. The highest BCUT2D eigenvalue weighted by atomic mass is 31.0. The number of aryl methyl sites for hydroxylation is 1. The van der Waals surface area contributed by atoms with Crippen molar-refractivity contribution >= 4 is 50.0 Å². The first kappa shape index (κ1) is 34.3.